The first-order valence-corrected chi connectivity index (χ1v) is 9.42. The lowest BCUT2D eigenvalue weighted by Crippen LogP contribution is -2.42. The van der Waals surface area contributed by atoms with Gasteiger partial charge in [0.2, 0.25) is 0 Å². The molecular formula is C22H22FN3O2. The number of carbonyl (C=O) groups excluding carboxylic acids is 1. The maximum atomic E-state index is 13.2. The van der Waals surface area contributed by atoms with Gasteiger partial charge in [0.1, 0.15) is 29.6 Å². The highest BCUT2D eigenvalue weighted by Gasteiger charge is 2.31. The van der Waals surface area contributed by atoms with E-state index in [9.17, 15) is 9.18 Å². The number of aryl methyl sites for hydroxylation is 1. The molecule has 6 heteroatoms. The van der Waals surface area contributed by atoms with Crippen LogP contribution in [0.25, 0.3) is 0 Å². The van der Waals surface area contributed by atoms with Crippen molar-refractivity contribution in [2.24, 2.45) is 0 Å². The van der Waals surface area contributed by atoms with Gasteiger partial charge in [-0.15, -0.1) is 0 Å². The Labute approximate surface area is 163 Å². The molecule has 0 N–H and O–H groups in total. The molecule has 1 atom stereocenters. The van der Waals surface area contributed by atoms with Crippen molar-refractivity contribution in [3.63, 3.8) is 0 Å². The van der Waals surface area contributed by atoms with Gasteiger partial charge in [-0.2, -0.15) is 5.10 Å². The fraction of sp³-hybridized carbons (Fsp3) is 0.273. The fourth-order valence-electron chi connectivity index (χ4n) is 3.40. The second-order valence-corrected chi connectivity index (χ2v) is 6.99. The number of aromatic nitrogens is 2. The third-order valence-corrected chi connectivity index (χ3v) is 4.97. The van der Waals surface area contributed by atoms with Gasteiger partial charge in [0.15, 0.2) is 0 Å². The lowest BCUT2D eigenvalue weighted by molar-refractivity contribution is 0.0953. The number of anilines is 1. The number of hydrogen-bond donors (Lipinski definition) is 0. The Bertz CT molecular complexity index is 980. The van der Waals surface area contributed by atoms with E-state index in [1.807, 2.05) is 31.2 Å². The second kappa shape index (κ2) is 7.46. The summed E-state index contributed by atoms with van der Waals surface area (Å²) in [6.45, 7) is 4.90. The van der Waals surface area contributed by atoms with Crippen LogP contribution < -0.4 is 9.64 Å². The van der Waals surface area contributed by atoms with E-state index in [2.05, 4.69) is 12.0 Å². The Hall–Kier alpha value is -3.15. The molecule has 28 heavy (non-hydrogen) atoms. The average molecular weight is 379 g/mol. The van der Waals surface area contributed by atoms with Gasteiger partial charge in [-0.05, 0) is 61.4 Å². The van der Waals surface area contributed by atoms with Crippen molar-refractivity contribution in [1.82, 2.24) is 9.78 Å². The van der Waals surface area contributed by atoms with E-state index in [1.54, 1.807) is 27.8 Å². The summed E-state index contributed by atoms with van der Waals surface area (Å²) >= 11 is 0. The molecule has 0 bridgehead atoms. The van der Waals surface area contributed by atoms with Crippen LogP contribution in [0, 0.1) is 5.82 Å². The zero-order valence-electron chi connectivity index (χ0n) is 15.9. The number of amides is 1. The summed E-state index contributed by atoms with van der Waals surface area (Å²) in [5, 5.41) is 4.56. The van der Waals surface area contributed by atoms with E-state index in [4.69, 9.17) is 4.74 Å². The summed E-state index contributed by atoms with van der Waals surface area (Å²) in [6.07, 6.45) is 0.985. The lowest BCUT2D eigenvalue weighted by atomic mass is 10.1. The molecule has 5 nitrogen and oxygen atoms in total. The lowest BCUT2D eigenvalue weighted by Gasteiger charge is -2.31. The van der Waals surface area contributed by atoms with Crippen LogP contribution in [0.3, 0.4) is 0 Å². The van der Waals surface area contributed by atoms with Crippen LogP contribution in [-0.2, 0) is 13.0 Å². The van der Waals surface area contributed by atoms with E-state index in [1.165, 1.54) is 17.7 Å². The van der Waals surface area contributed by atoms with Gasteiger partial charge in [0, 0.05) is 12.2 Å². The highest BCUT2D eigenvalue weighted by molar-refractivity contribution is 6.05. The van der Waals surface area contributed by atoms with Crippen LogP contribution in [0.4, 0.5) is 10.1 Å². The van der Waals surface area contributed by atoms with Crippen LogP contribution in [-0.4, -0.2) is 22.2 Å². The smallest absolute Gasteiger partial charge is 0.276 e. The predicted molar refractivity (Wildman–Crippen MR) is 105 cm³/mol. The van der Waals surface area contributed by atoms with Crippen LogP contribution >= 0.6 is 0 Å². The van der Waals surface area contributed by atoms with Crippen LogP contribution in [0.15, 0.2) is 54.6 Å². The van der Waals surface area contributed by atoms with E-state index >= 15 is 0 Å². The first-order valence-electron chi connectivity index (χ1n) is 9.42. The number of benzene rings is 2. The molecule has 0 fully saturated rings. The molecule has 1 amide bonds. The zero-order chi connectivity index (χ0) is 19.7. The Morgan fingerprint density at radius 1 is 1.14 bits per heavy atom. The first kappa shape index (κ1) is 18.2. The van der Waals surface area contributed by atoms with Crippen molar-refractivity contribution in [3.8, 4) is 5.75 Å². The average Bonchev–Trinajstić information content (AvgIpc) is 3.16. The van der Waals surface area contributed by atoms with Crippen molar-refractivity contribution >= 4 is 11.6 Å². The van der Waals surface area contributed by atoms with Crippen molar-refractivity contribution in [3.05, 3.63) is 77.4 Å². The second-order valence-electron chi connectivity index (χ2n) is 6.99. The fourth-order valence-corrected chi connectivity index (χ4v) is 3.40. The van der Waals surface area contributed by atoms with Crippen molar-refractivity contribution in [2.45, 2.75) is 32.9 Å². The zero-order valence-corrected chi connectivity index (χ0v) is 15.9. The quantitative estimate of drug-likeness (QED) is 0.661. The molecular weight excluding hydrogens is 357 g/mol. The summed E-state index contributed by atoms with van der Waals surface area (Å²) in [5.74, 6) is 0.309. The molecule has 1 aliphatic heterocycles. The molecule has 2 heterocycles. The summed E-state index contributed by atoms with van der Waals surface area (Å²) < 4.78 is 20.8. The number of nitrogens with zero attached hydrogens (tertiary/aromatic N) is 3. The molecule has 3 aromatic rings. The Morgan fingerprint density at radius 3 is 2.54 bits per heavy atom. The maximum absolute atomic E-state index is 13.2. The molecule has 0 aliphatic carbocycles. The Kier molecular flexibility index (Phi) is 4.86. The largest absolute Gasteiger partial charge is 0.487 e. The molecule has 0 saturated carbocycles. The number of carbonyl (C=O) groups is 1. The molecule has 0 spiro atoms. The van der Waals surface area contributed by atoms with Gasteiger partial charge in [-0.3, -0.25) is 9.48 Å². The van der Waals surface area contributed by atoms with E-state index in [0.717, 1.165) is 12.2 Å². The highest BCUT2D eigenvalue weighted by Crippen LogP contribution is 2.27. The maximum Gasteiger partial charge on any atom is 0.276 e. The highest BCUT2D eigenvalue weighted by atomic mass is 19.1. The minimum absolute atomic E-state index is 0.00957. The number of ether oxygens (including phenoxy) is 1. The topological polar surface area (TPSA) is 47.4 Å². The standard InChI is InChI=1S/C22H22FN3O2/c1-3-16-4-10-20(11-5-16)28-14-18-12-21-22(27)25(13-15(2)26(21)24-18)19-8-6-17(23)7-9-19/h4-12,15H,3,13-14H2,1-2H3/t15-/m1/s1. The van der Waals surface area contributed by atoms with E-state index in [0.29, 0.717) is 30.2 Å². The third kappa shape index (κ3) is 3.50. The molecule has 2 aromatic carbocycles. The monoisotopic (exact) mass is 379 g/mol. The summed E-state index contributed by atoms with van der Waals surface area (Å²) in [5.41, 5.74) is 3.16. The normalized spacial score (nSPS) is 16.2. The molecule has 1 aromatic heterocycles. The minimum Gasteiger partial charge on any atom is -0.487 e. The van der Waals surface area contributed by atoms with E-state index in [-0.39, 0.29) is 17.8 Å². The van der Waals surface area contributed by atoms with E-state index < -0.39 is 0 Å². The molecule has 1 aliphatic rings. The Morgan fingerprint density at radius 2 is 1.86 bits per heavy atom. The molecule has 0 unspecified atom stereocenters. The van der Waals surface area contributed by atoms with Gasteiger partial charge in [0.25, 0.3) is 5.91 Å². The van der Waals surface area contributed by atoms with Crippen molar-refractivity contribution < 1.29 is 13.9 Å². The first-order chi connectivity index (χ1) is 13.5. The van der Waals surface area contributed by atoms with Gasteiger partial charge in [-0.1, -0.05) is 19.1 Å². The third-order valence-electron chi connectivity index (χ3n) is 4.97. The molecule has 4 rings (SSSR count). The number of hydrogen-bond acceptors (Lipinski definition) is 3. The van der Waals surface area contributed by atoms with Crippen molar-refractivity contribution in [1.29, 1.82) is 0 Å². The predicted octanol–water partition coefficient (Wildman–Crippen LogP) is 4.39. The summed E-state index contributed by atoms with van der Waals surface area (Å²) in [6, 6.07) is 15.7. The Balaban J connectivity index is 1.52. The molecule has 144 valence electrons. The molecule has 0 radical (unpaired) electrons. The molecule has 0 saturated heterocycles. The SMILES string of the molecule is CCc1ccc(OCc2cc3n(n2)[C@H](C)CN(c2ccc(F)cc2)C3=O)cc1. The van der Waals surface area contributed by atoms with Crippen LogP contribution in [0.1, 0.15) is 41.6 Å². The number of halogens is 1. The minimum atomic E-state index is -0.322. The van der Waals surface area contributed by atoms with Gasteiger partial charge < -0.3 is 9.64 Å². The van der Waals surface area contributed by atoms with Gasteiger partial charge in [-0.25, -0.2) is 4.39 Å². The number of fused-ring (bicyclic) bond motifs is 1. The summed E-state index contributed by atoms with van der Waals surface area (Å²) in [7, 11) is 0. The summed E-state index contributed by atoms with van der Waals surface area (Å²) in [4.78, 5) is 14.6. The number of rotatable bonds is 5. The van der Waals surface area contributed by atoms with Crippen LogP contribution in [0.5, 0.6) is 5.75 Å². The van der Waals surface area contributed by atoms with Gasteiger partial charge >= 0.3 is 0 Å². The van der Waals surface area contributed by atoms with Crippen LogP contribution in [0.2, 0.25) is 0 Å². The van der Waals surface area contributed by atoms with Crippen molar-refractivity contribution in [2.75, 3.05) is 11.4 Å². The van der Waals surface area contributed by atoms with Gasteiger partial charge in [0.05, 0.1) is 6.04 Å².